The van der Waals surface area contributed by atoms with Crippen LogP contribution in [0.25, 0.3) is 0 Å². The molecule has 0 aromatic heterocycles. The van der Waals surface area contributed by atoms with E-state index in [0.717, 1.165) is 12.1 Å². The third-order valence-electron chi connectivity index (χ3n) is 3.66. The van der Waals surface area contributed by atoms with Crippen molar-refractivity contribution in [2.45, 2.75) is 12.8 Å². The molecule has 1 N–H and O–H groups in total. The lowest BCUT2D eigenvalue weighted by Gasteiger charge is -2.17. The monoisotopic (exact) mass is 213 g/mol. The average molecular weight is 213 g/mol. The van der Waals surface area contributed by atoms with Gasteiger partial charge in [0.15, 0.2) is 0 Å². The summed E-state index contributed by atoms with van der Waals surface area (Å²) >= 11 is 0. The molecule has 1 saturated carbocycles. The minimum Gasteiger partial charge on any atom is -0.326 e. The lowest BCUT2D eigenvalue weighted by molar-refractivity contribution is -0.120. The first kappa shape index (κ1) is 9.64. The highest BCUT2D eigenvalue weighted by Gasteiger charge is 2.39. The molecule has 3 atom stereocenters. The van der Waals surface area contributed by atoms with Crippen molar-refractivity contribution in [3.8, 4) is 0 Å². The molecule has 3 rings (SSSR count). The SMILES string of the molecule is O=C(Nc1ccccc1)[C@@H]1C[C@@H]2C=C[C@H]1C2. The second-order valence-corrected chi connectivity index (χ2v) is 4.74. The Balaban J connectivity index is 1.69. The number of benzene rings is 1. The van der Waals surface area contributed by atoms with Crippen LogP contribution in [0.1, 0.15) is 12.8 Å². The predicted octanol–water partition coefficient (Wildman–Crippen LogP) is 2.84. The van der Waals surface area contributed by atoms with E-state index in [1.54, 1.807) is 0 Å². The summed E-state index contributed by atoms with van der Waals surface area (Å²) in [4.78, 5) is 12.1. The van der Waals surface area contributed by atoms with Gasteiger partial charge in [0, 0.05) is 11.6 Å². The lowest BCUT2D eigenvalue weighted by atomic mass is 9.93. The van der Waals surface area contributed by atoms with Crippen LogP contribution in [0.5, 0.6) is 0 Å². The number of hydrogen-bond donors (Lipinski definition) is 1. The van der Waals surface area contributed by atoms with Crippen molar-refractivity contribution in [2.24, 2.45) is 17.8 Å². The number of fused-ring (bicyclic) bond motifs is 2. The van der Waals surface area contributed by atoms with Crippen LogP contribution in [0, 0.1) is 17.8 Å². The third kappa shape index (κ3) is 1.64. The molecule has 2 heteroatoms. The molecule has 16 heavy (non-hydrogen) atoms. The Morgan fingerprint density at radius 3 is 2.56 bits per heavy atom. The maximum Gasteiger partial charge on any atom is 0.228 e. The zero-order valence-electron chi connectivity index (χ0n) is 9.10. The van der Waals surface area contributed by atoms with Gasteiger partial charge in [-0.05, 0) is 36.8 Å². The van der Waals surface area contributed by atoms with Crippen LogP contribution in [-0.4, -0.2) is 5.91 Å². The van der Waals surface area contributed by atoms with Gasteiger partial charge in [-0.15, -0.1) is 0 Å². The molecule has 1 fully saturated rings. The Hall–Kier alpha value is -1.57. The summed E-state index contributed by atoms with van der Waals surface area (Å²) in [7, 11) is 0. The Morgan fingerprint density at radius 1 is 1.12 bits per heavy atom. The van der Waals surface area contributed by atoms with Gasteiger partial charge in [-0.3, -0.25) is 4.79 Å². The molecule has 0 spiro atoms. The summed E-state index contributed by atoms with van der Waals surface area (Å²) in [6.45, 7) is 0. The maximum absolute atomic E-state index is 12.1. The summed E-state index contributed by atoms with van der Waals surface area (Å²) in [5.74, 6) is 1.50. The van der Waals surface area contributed by atoms with E-state index < -0.39 is 0 Å². The Kier molecular flexibility index (Phi) is 2.28. The molecule has 2 aliphatic carbocycles. The lowest BCUT2D eigenvalue weighted by Crippen LogP contribution is -2.25. The van der Waals surface area contributed by atoms with Crippen LogP contribution in [0.4, 0.5) is 5.69 Å². The van der Waals surface area contributed by atoms with Gasteiger partial charge in [-0.1, -0.05) is 30.4 Å². The van der Waals surface area contributed by atoms with E-state index in [9.17, 15) is 4.79 Å². The van der Waals surface area contributed by atoms with Crippen molar-refractivity contribution < 1.29 is 4.79 Å². The normalized spacial score (nSPS) is 30.6. The van der Waals surface area contributed by atoms with Crippen molar-refractivity contribution >= 4 is 11.6 Å². The van der Waals surface area contributed by atoms with Gasteiger partial charge in [0.05, 0.1) is 0 Å². The van der Waals surface area contributed by atoms with E-state index >= 15 is 0 Å². The molecular weight excluding hydrogens is 198 g/mol. The van der Waals surface area contributed by atoms with Crippen molar-refractivity contribution in [2.75, 3.05) is 5.32 Å². The minimum absolute atomic E-state index is 0.183. The van der Waals surface area contributed by atoms with Crippen molar-refractivity contribution in [3.05, 3.63) is 42.5 Å². The van der Waals surface area contributed by atoms with E-state index in [1.165, 1.54) is 6.42 Å². The topological polar surface area (TPSA) is 29.1 Å². The first-order chi connectivity index (χ1) is 7.83. The van der Waals surface area contributed by atoms with Crippen LogP contribution >= 0.6 is 0 Å². The third-order valence-corrected chi connectivity index (χ3v) is 3.66. The number of carbonyl (C=O) groups excluding carboxylic acids is 1. The predicted molar refractivity (Wildman–Crippen MR) is 63.9 cm³/mol. The van der Waals surface area contributed by atoms with Crippen molar-refractivity contribution in [1.29, 1.82) is 0 Å². The van der Waals surface area contributed by atoms with Crippen LogP contribution in [-0.2, 0) is 4.79 Å². The Labute approximate surface area is 95.4 Å². The number of anilines is 1. The number of rotatable bonds is 2. The standard InChI is InChI=1S/C14H15NO/c16-14(15-12-4-2-1-3-5-12)13-9-10-6-7-11(13)8-10/h1-7,10-11,13H,8-9H2,(H,15,16)/t10-,11+,13-/m1/s1. The largest absolute Gasteiger partial charge is 0.326 e. The molecule has 0 heterocycles. The smallest absolute Gasteiger partial charge is 0.228 e. The Morgan fingerprint density at radius 2 is 1.94 bits per heavy atom. The van der Waals surface area contributed by atoms with Gasteiger partial charge >= 0.3 is 0 Å². The molecule has 2 aliphatic rings. The van der Waals surface area contributed by atoms with Gasteiger partial charge in [-0.2, -0.15) is 0 Å². The summed E-state index contributed by atoms with van der Waals surface area (Å²) in [5.41, 5.74) is 0.902. The van der Waals surface area contributed by atoms with Gasteiger partial charge in [0.2, 0.25) is 5.91 Å². The van der Waals surface area contributed by atoms with E-state index in [2.05, 4.69) is 17.5 Å². The fourth-order valence-electron chi connectivity index (χ4n) is 2.84. The molecule has 1 amide bonds. The van der Waals surface area contributed by atoms with Crippen LogP contribution in [0.15, 0.2) is 42.5 Å². The summed E-state index contributed by atoms with van der Waals surface area (Å²) in [6.07, 6.45) is 6.67. The highest BCUT2D eigenvalue weighted by atomic mass is 16.1. The summed E-state index contributed by atoms with van der Waals surface area (Å²) in [6, 6.07) is 9.70. The Bertz CT molecular complexity index is 424. The maximum atomic E-state index is 12.1. The molecule has 2 bridgehead atoms. The quantitative estimate of drug-likeness (QED) is 0.752. The number of para-hydroxylation sites is 1. The molecule has 82 valence electrons. The summed E-state index contributed by atoms with van der Waals surface area (Å²) in [5, 5.41) is 3.00. The molecule has 0 aliphatic heterocycles. The highest BCUT2D eigenvalue weighted by Crippen LogP contribution is 2.43. The fourth-order valence-corrected chi connectivity index (χ4v) is 2.84. The molecule has 0 radical (unpaired) electrons. The van der Waals surface area contributed by atoms with Gasteiger partial charge in [0.25, 0.3) is 0 Å². The molecule has 1 aromatic rings. The average Bonchev–Trinajstić information content (AvgIpc) is 2.92. The number of hydrogen-bond acceptors (Lipinski definition) is 1. The number of nitrogens with one attached hydrogen (secondary N) is 1. The molecule has 2 nitrogen and oxygen atoms in total. The molecule has 0 unspecified atom stereocenters. The number of amides is 1. The number of carbonyl (C=O) groups is 1. The zero-order valence-corrected chi connectivity index (χ0v) is 9.10. The minimum atomic E-state index is 0.183. The molecule has 1 aromatic carbocycles. The second kappa shape index (κ2) is 3.78. The molecule has 0 saturated heterocycles. The van der Waals surface area contributed by atoms with Gasteiger partial charge in [-0.25, -0.2) is 0 Å². The van der Waals surface area contributed by atoms with E-state index in [-0.39, 0.29) is 11.8 Å². The number of allylic oxidation sites excluding steroid dienone is 2. The molecular formula is C14H15NO. The van der Waals surface area contributed by atoms with Crippen LogP contribution in [0.2, 0.25) is 0 Å². The van der Waals surface area contributed by atoms with Crippen molar-refractivity contribution in [1.82, 2.24) is 0 Å². The van der Waals surface area contributed by atoms with E-state index in [0.29, 0.717) is 11.8 Å². The fraction of sp³-hybridized carbons (Fsp3) is 0.357. The van der Waals surface area contributed by atoms with Crippen molar-refractivity contribution in [3.63, 3.8) is 0 Å². The van der Waals surface area contributed by atoms with Gasteiger partial charge in [0.1, 0.15) is 0 Å². The van der Waals surface area contributed by atoms with Gasteiger partial charge < -0.3 is 5.32 Å². The van der Waals surface area contributed by atoms with Crippen LogP contribution in [0.3, 0.4) is 0 Å². The van der Waals surface area contributed by atoms with Crippen LogP contribution < -0.4 is 5.32 Å². The summed E-state index contributed by atoms with van der Waals surface area (Å²) < 4.78 is 0. The van der Waals surface area contributed by atoms with E-state index in [1.807, 2.05) is 30.3 Å². The first-order valence-electron chi connectivity index (χ1n) is 5.87. The highest BCUT2D eigenvalue weighted by molar-refractivity contribution is 5.93. The van der Waals surface area contributed by atoms with E-state index in [4.69, 9.17) is 0 Å². The second-order valence-electron chi connectivity index (χ2n) is 4.74. The zero-order chi connectivity index (χ0) is 11.0. The first-order valence-corrected chi connectivity index (χ1v) is 5.87.